The number of carbonyl (C=O) groups is 1. The maximum Gasteiger partial charge on any atom is 0.277 e. The molecule has 2 aliphatic heterocycles. The average Bonchev–Trinajstić information content (AvgIpc) is 2.30. The Morgan fingerprint density at radius 3 is 3.00 bits per heavy atom. The molecule has 0 aliphatic carbocycles. The van der Waals surface area contributed by atoms with Crippen LogP contribution in [0.25, 0.3) is 5.57 Å². The predicted octanol–water partition coefficient (Wildman–Crippen LogP) is 0.113. The quantitative estimate of drug-likeness (QED) is 0.558. The lowest BCUT2D eigenvalue weighted by molar-refractivity contribution is -0.114. The van der Waals surface area contributed by atoms with Crippen molar-refractivity contribution in [3.63, 3.8) is 0 Å². The smallest absolute Gasteiger partial charge is 0.267 e. The number of carbonyl (C=O) groups excluding carboxylic acids is 1. The first-order valence-corrected chi connectivity index (χ1v) is 5.87. The number of hydrogen-bond acceptors (Lipinski definition) is 1. The van der Waals surface area contributed by atoms with Crippen LogP contribution in [0.2, 0.25) is 0 Å². The minimum absolute atomic E-state index is 0.111. The van der Waals surface area contributed by atoms with Gasteiger partial charge in [0.1, 0.15) is 9.52 Å². The SMILES string of the molecule is O=C1N=c2ccccc2=C2C=C[Si]C=C12. The highest BCUT2D eigenvalue weighted by Crippen LogP contribution is 2.17. The first-order valence-electron chi connectivity index (χ1n) is 4.72. The van der Waals surface area contributed by atoms with Crippen molar-refractivity contribution in [3.05, 3.63) is 57.9 Å². The normalized spacial score (nSPS) is 17.7. The third kappa shape index (κ3) is 1.24. The molecule has 2 radical (unpaired) electrons. The van der Waals surface area contributed by atoms with Gasteiger partial charge < -0.3 is 0 Å². The van der Waals surface area contributed by atoms with Gasteiger partial charge >= 0.3 is 0 Å². The summed E-state index contributed by atoms with van der Waals surface area (Å²) < 4.78 is 0. The maximum absolute atomic E-state index is 11.7. The molecular weight excluding hydrogens is 202 g/mol. The van der Waals surface area contributed by atoms with Crippen molar-refractivity contribution in [2.45, 2.75) is 0 Å². The third-order valence-electron chi connectivity index (χ3n) is 2.51. The van der Waals surface area contributed by atoms with E-state index in [2.05, 4.69) is 10.7 Å². The van der Waals surface area contributed by atoms with Crippen LogP contribution in [0.15, 0.2) is 52.3 Å². The van der Waals surface area contributed by atoms with Gasteiger partial charge in [0.25, 0.3) is 5.91 Å². The van der Waals surface area contributed by atoms with E-state index in [1.807, 2.05) is 36.0 Å². The molecule has 2 nitrogen and oxygen atoms in total. The molecule has 0 unspecified atom stereocenters. The van der Waals surface area contributed by atoms with Crippen LogP contribution in [0.1, 0.15) is 0 Å². The van der Waals surface area contributed by atoms with Crippen molar-refractivity contribution in [1.29, 1.82) is 0 Å². The van der Waals surface area contributed by atoms with Gasteiger partial charge in [-0.1, -0.05) is 35.7 Å². The van der Waals surface area contributed by atoms with Gasteiger partial charge in [0, 0.05) is 10.8 Å². The zero-order valence-electron chi connectivity index (χ0n) is 7.90. The van der Waals surface area contributed by atoms with Gasteiger partial charge in [0.15, 0.2) is 0 Å². The lowest BCUT2D eigenvalue weighted by atomic mass is 10.0. The molecule has 0 atom stereocenters. The molecule has 3 heteroatoms. The summed E-state index contributed by atoms with van der Waals surface area (Å²) in [5.41, 5.74) is 5.84. The molecule has 1 amide bonds. The summed E-state index contributed by atoms with van der Waals surface area (Å²) in [5.74, 6) is -0.111. The highest BCUT2D eigenvalue weighted by molar-refractivity contribution is 6.51. The van der Waals surface area contributed by atoms with E-state index in [9.17, 15) is 4.79 Å². The van der Waals surface area contributed by atoms with E-state index in [4.69, 9.17) is 0 Å². The number of nitrogens with zero attached hydrogens (tertiary/aromatic N) is 1. The van der Waals surface area contributed by atoms with Crippen LogP contribution in [0.3, 0.4) is 0 Å². The highest BCUT2D eigenvalue weighted by atomic mass is 28.2. The van der Waals surface area contributed by atoms with Crippen molar-refractivity contribution in [2.75, 3.05) is 0 Å². The number of allylic oxidation sites excluding steroid dienone is 1. The molecule has 2 heterocycles. The summed E-state index contributed by atoms with van der Waals surface area (Å²) in [6, 6.07) is 7.76. The summed E-state index contributed by atoms with van der Waals surface area (Å²) in [5, 5.41) is 1.84. The molecule has 0 bridgehead atoms. The molecule has 2 aliphatic rings. The molecule has 15 heavy (non-hydrogen) atoms. The highest BCUT2D eigenvalue weighted by Gasteiger charge is 2.18. The summed E-state index contributed by atoms with van der Waals surface area (Å²) >= 11 is 0. The second kappa shape index (κ2) is 3.14. The molecule has 3 rings (SSSR count). The first kappa shape index (κ1) is 8.56. The number of para-hydroxylation sites is 1. The van der Waals surface area contributed by atoms with Crippen molar-refractivity contribution >= 4 is 21.0 Å². The molecule has 1 aromatic rings. The standard InChI is InChI=1S/C12H7NOSi/c14-12-10-7-15-6-5-8(10)9-3-1-2-4-11(9)13-12/h1-7H. The molecule has 1 aromatic carbocycles. The van der Waals surface area contributed by atoms with Crippen LogP contribution in [0, 0.1) is 0 Å². The second-order valence-corrected chi connectivity index (χ2v) is 4.36. The second-order valence-electron chi connectivity index (χ2n) is 3.41. The Morgan fingerprint density at radius 1 is 1.20 bits per heavy atom. The van der Waals surface area contributed by atoms with Crippen molar-refractivity contribution in [3.8, 4) is 0 Å². The molecule has 0 spiro atoms. The monoisotopic (exact) mass is 209 g/mol. The number of benzene rings is 1. The summed E-state index contributed by atoms with van der Waals surface area (Å²) in [6.45, 7) is 0. The van der Waals surface area contributed by atoms with Crippen LogP contribution >= 0.6 is 0 Å². The fourth-order valence-electron chi connectivity index (χ4n) is 1.81. The van der Waals surface area contributed by atoms with Crippen molar-refractivity contribution in [2.24, 2.45) is 4.99 Å². The van der Waals surface area contributed by atoms with E-state index < -0.39 is 0 Å². The molecular formula is C12H7NOSi. The maximum atomic E-state index is 11.7. The van der Waals surface area contributed by atoms with Gasteiger partial charge in [-0.25, -0.2) is 4.99 Å². The first-order chi connectivity index (χ1) is 7.36. The zero-order chi connectivity index (χ0) is 10.3. The predicted molar refractivity (Wildman–Crippen MR) is 58.6 cm³/mol. The topological polar surface area (TPSA) is 29.4 Å². The lowest BCUT2D eigenvalue weighted by Gasteiger charge is -2.12. The summed E-state index contributed by atoms with van der Waals surface area (Å²) in [7, 11) is 0.591. The van der Waals surface area contributed by atoms with Gasteiger partial charge in [-0.05, 0) is 11.6 Å². The molecule has 70 valence electrons. The Kier molecular flexibility index (Phi) is 1.79. The van der Waals surface area contributed by atoms with Crippen LogP contribution in [0.5, 0.6) is 0 Å². The van der Waals surface area contributed by atoms with Gasteiger partial charge in [0.05, 0.1) is 5.36 Å². The zero-order valence-corrected chi connectivity index (χ0v) is 8.90. The van der Waals surface area contributed by atoms with Crippen LogP contribution < -0.4 is 10.6 Å². The van der Waals surface area contributed by atoms with Crippen LogP contribution in [-0.4, -0.2) is 15.4 Å². The summed E-state index contributed by atoms with van der Waals surface area (Å²) in [4.78, 5) is 15.8. The minimum atomic E-state index is -0.111. The Bertz CT molecular complexity index is 625. The number of rotatable bonds is 0. The van der Waals surface area contributed by atoms with Crippen LogP contribution in [0.4, 0.5) is 0 Å². The fourth-order valence-corrected chi connectivity index (χ4v) is 2.62. The van der Waals surface area contributed by atoms with Gasteiger partial charge in [0.2, 0.25) is 0 Å². The largest absolute Gasteiger partial charge is 0.277 e. The fraction of sp³-hybridized carbons (Fsp3) is 0. The number of hydrogen-bond donors (Lipinski definition) is 0. The van der Waals surface area contributed by atoms with E-state index in [1.54, 1.807) is 0 Å². The van der Waals surface area contributed by atoms with Gasteiger partial charge in [-0.2, -0.15) is 0 Å². The van der Waals surface area contributed by atoms with Crippen molar-refractivity contribution < 1.29 is 4.79 Å². The van der Waals surface area contributed by atoms with Crippen LogP contribution in [-0.2, 0) is 4.79 Å². The van der Waals surface area contributed by atoms with Gasteiger partial charge in [-0.15, -0.1) is 0 Å². The molecule has 0 saturated heterocycles. The Morgan fingerprint density at radius 2 is 2.07 bits per heavy atom. The Balaban J connectivity index is 2.50. The van der Waals surface area contributed by atoms with E-state index in [0.29, 0.717) is 9.52 Å². The Hall–Kier alpha value is -1.74. The Labute approximate surface area is 89.2 Å². The summed E-state index contributed by atoms with van der Waals surface area (Å²) in [6.07, 6.45) is 2.03. The molecule has 0 aromatic heterocycles. The van der Waals surface area contributed by atoms with E-state index in [-0.39, 0.29) is 5.91 Å². The minimum Gasteiger partial charge on any atom is -0.267 e. The van der Waals surface area contributed by atoms with E-state index in [0.717, 1.165) is 21.7 Å². The molecule has 0 saturated carbocycles. The average molecular weight is 209 g/mol. The van der Waals surface area contributed by atoms with E-state index >= 15 is 0 Å². The molecule has 0 N–H and O–H groups in total. The number of amides is 1. The van der Waals surface area contributed by atoms with Crippen molar-refractivity contribution in [1.82, 2.24) is 0 Å². The molecule has 0 fully saturated rings. The lowest BCUT2D eigenvalue weighted by Crippen LogP contribution is -2.33. The number of fused-ring (bicyclic) bond motifs is 2. The van der Waals surface area contributed by atoms with E-state index in [1.165, 1.54) is 0 Å². The van der Waals surface area contributed by atoms with Gasteiger partial charge in [-0.3, -0.25) is 4.79 Å². The third-order valence-corrected chi connectivity index (χ3v) is 3.33.